The smallest absolute Gasteiger partial charge is 0.255 e. The lowest BCUT2D eigenvalue weighted by atomic mass is 9.82. The van der Waals surface area contributed by atoms with Gasteiger partial charge in [-0.15, -0.1) is 0 Å². The Labute approximate surface area is 159 Å². The van der Waals surface area contributed by atoms with Crippen LogP contribution >= 0.6 is 0 Å². The van der Waals surface area contributed by atoms with E-state index in [9.17, 15) is 9.59 Å². The number of methoxy groups -OCH3 is 1. The number of rotatable bonds is 5. The van der Waals surface area contributed by atoms with E-state index in [0.717, 1.165) is 35.3 Å². The minimum Gasteiger partial charge on any atom is -0.497 e. The molecule has 1 saturated carbocycles. The van der Waals surface area contributed by atoms with Crippen LogP contribution < -0.4 is 10.1 Å². The maximum absolute atomic E-state index is 13.2. The summed E-state index contributed by atoms with van der Waals surface area (Å²) >= 11 is 0. The van der Waals surface area contributed by atoms with Gasteiger partial charge < -0.3 is 15.0 Å². The predicted molar refractivity (Wildman–Crippen MR) is 103 cm³/mol. The van der Waals surface area contributed by atoms with Crippen LogP contribution in [0.25, 0.3) is 0 Å². The third kappa shape index (κ3) is 3.18. The van der Waals surface area contributed by atoms with Crippen LogP contribution in [0, 0.1) is 0 Å². The van der Waals surface area contributed by atoms with Gasteiger partial charge in [0, 0.05) is 24.6 Å². The molecule has 0 radical (unpaired) electrons. The van der Waals surface area contributed by atoms with E-state index in [-0.39, 0.29) is 17.9 Å². The molecule has 2 amide bonds. The SMILES string of the molecule is COc1cccc(CNC(=O)C2(C)Cc3ccccc3C(=O)N2C2CC2)c1. The van der Waals surface area contributed by atoms with Gasteiger partial charge in [-0.2, -0.15) is 0 Å². The minimum absolute atomic E-state index is 0.0293. The van der Waals surface area contributed by atoms with E-state index in [4.69, 9.17) is 4.74 Å². The number of fused-ring (bicyclic) bond motifs is 1. The number of nitrogens with zero attached hydrogens (tertiary/aromatic N) is 1. The van der Waals surface area contributed by atoms with E-state index in [1.54, 1.807) is 7.11 Å². The number of nitrogens with one attached hydrogen (secondary N) is 1. The standard InChI is InChI=1S/C22H24N2O3/c1-22(21(26)23-14-15-6-5-8-18(12-15)27-2)13-16-7-3-4-9-19(16)20(25)24(22)17-10-11-17/h3-9,12,17H,10-11,13-14H2,1-2H3,(H,23,26). The van der Waals surface area contributed by atoms with Crippen molar-refractivity contribution in [3.8, 4) is 5.75 Å². The van der Waals surface area contributed by atoms with Gasteiger partial charge in [0.1, 0.15) is 11.3 Å². The van der Waals surface area contributed by atoms with Crippen molar-refractivity contribution in [3.63, 3.8) is 0 Å². The minimum atomic E-state index is -0.870. The van der Waals surface area contributed by atoms with Gasteiger partial charge in [-0.3, -0.25) is 9.59 Å². The van der Waals surface area contributed by atoms with Crippen molar-refractivity contribution >= 4 is 11.8 Å². The molecular weight excluding hydrogens is 340 g/mol. The fourth-order valence-electron chi connectivity index (χ4n) is 3.94. The molecule has 1 aliphatic carbocycles. The van der Waals surface area contributed by atoms with Gasteiger partial charge in [0.25, 0.3) is 5.91 Å². The molecule has 0 saturated heterocycles. The van der Waals surface area contributed by atoms with Gasteiger partial charge in [0.05, 0.1) is 7.11 Å². The summed E-state index contributed by atoms with van der Waals surface area (Å²) in [5.41, 5.74) is 1.76. The number of ether oxygens (including phenoxy) is 1. The summed E-state index contributed by atoms with van der Waals surface area (Å²) in [4.78, 5) is 28.1. The highest BCUT2D eigenvalue weighted by molar-refractivity contribution is 6.02. The molecule has 0 bridgehead atoms. The first kappa shape index (κ1) is 17.6. The lowest BCUT2D eigenvalue weighted by molar-refractivity contribution is -0.132. The summed E-state index contributed by atoms with van der Waals surface area (Å²) in [7, 11) is 1.62. The summed E-state index contributed by atoms with van der Waals surface area (Å²) < 4.78 is 5.24. The van der Waals surface area contributed by atoms with Gasteiger partial charge in [0.2, 0.25) is 5.91 Å². The summed E-state index contributed by atoms with van der Waals surface area (Å²) in [5, 5.41) is 3.04. The van der Waals surface area contributed by atoms with Gasteiger partial charge in [-0.1, -0.05) is 30.3 Å². The zero-order valence-corrected chi connectivity index (χ0v) is 15.7. The van der Waals surface area contributed by atoms with Gasteiger partial charge >= 0.3 is 0 Å². The number of carbonyl (C=O) groups is 2. The van der Waals surface area contributed by atoms with E-state index in [0.29, 0.717) is 13.0 Å². The predicted octanol–water partition coefficient (Wildman–Crippen LogP) is 2.93. The molecule has 1 atom stereocenters. The molecular formula is C22H24N2O3. The molecule has 0 aromatic heterocycles. The number of benzene rings is 2. The zero-order valence-electron chi connectivity index (χ0n) is 15.7. The molecule has 1 N–H and O–H groups in total. The Morgan fingerprint density at radius 2 is 2.00 bits per heavy atom. The number of carbonyl (C=O) groups excluding carboxylic acids is 2. The maximum Gasteiger partial charge on any atom is 0.255 e. The van der Waals surface area contributed by atoms with Gasteiger partial charge in [-0.25, -0.2) is 0 Å². The quantitative estimate of drug-likeness (QED) is 0.887. The fraction of sp³-hybridized carbons (Fsp3) is 0.364. The molecule has 1 unspecified atom stereocenters. The number of hydrogen-bond donors (Lipinski definition) is 1. The lowest BCUT2D eigenvalue weighted by Gasteiger charge is -2.44. The Balaban J connectivity index is 1.58. The first-order valence-corrected chi connectivity index (χ1v) is 9.36. The highest BCUT2D eigenvalue weighted by atomic mass is 16.5. The number of amides is 2. The third-order valence-electron chi connectivity index (χ3n) is 5.52. The summed E-state index contributed by atoms with van der Waals surface area (Å²) in [6.07, 6.45) is 2.47. The summed E-state index contributed by atoms with van der Waals surface area (Å²) in [6, 6.07) is 15.4. The molecule has 1 heterocycles. The molecule has 4 rings (SSSR count). The molecule has 1 aliphatic heterocycles. The lowest BCUT2D eigenvalue weighted by Crippen LogP contribution is -2.63. The largest absolute Gasteiger partial charge is 0.497 e. The van der Waals surface area contributed by atoms with Crippen molar-refractivity contribution in [2.24, 2.45) is 0 Å². The molecule has 27 heavy (non-hydrogen) atoms. The van der Waals surface area contributed by atoms with Crippen molar-refractivity contribution < 1.29 is 14.3 Å². The van der Waals surface area contributed by atoms with E-state index in [1.807, 2.05) is 60.4 Å². The van der Waals surface area contributed by atoms with Crippen LogP contribution in [0.1, 0.15) is 41.3 Å². The molecule has 140 valence electrons. The fourth-order valence-corrected chi connectivity index (χ4v) is 3.94. The first-order chi connectivity index (χ1) is 13.0. The van der Waals surface area contributed by atoms with Crippen molar-refractivity contribution in [3.05, 3.63) is 65.2 Å². The van der Waals surface area contributed by atoms with E-state index < -0.39 is 5.54 Å². The second-order valence-electron chi connectivity index (χ2n) is 7.55. The zero-order chi connectivity index (χ0) is 19.0. The van der Waals surface area contributed by atoms with Crippen molar-refractivity contribution in [1.29, 1.82) is 0 Å². The second-order valence-corrected chi connectivity index (χ2v) is 7.55. The van der Waals surface area contributed by atoms with Crippen LogP contribution in [0.3, 0.4) is 0 Å². The monoisotopic (exact) mass is 364 g/mol. The third-order valence-corrected chi connectivity index (χ3v) is 5.52. The average molecular weight is 364 g/mol. The average Bonchev–Trinajstić information content (AvgIpc) is 3.51. The first-order valence-electron chi connectivity index (χ1n) is 9.36. The van der Waals surface area contributed by atoms with Crippen LogP contribution in [-0.4, -0.2) is 35.4 Å². The van der Waals surface area contributed by atoms with Crippen LogP contribution in [-0.2, 0) is 17.8 Å². The van der Waals surface area contributed by atoms with Crippen LogP contribution in [0.4, 0.5) is 0 Å². The molecule has 2 aliphatic rings. The second kappa shape index (κ2) is 6.72. The van der Waals surface area contributed by atoms with Crippen LogP contribution in [0.5, 0.6) is 5.75 Å². The normalized spacial score (nSPS) is 21.6. The van der Waals surface area contributed by atoms with Crippen LogP contribution in [0.15, 0.2) is 48.5 Å². The van der Waals surface area contributed by atoms with Gasteiger partial charge in [-0.05, 0) is 49.1 Å². The Bertz CT molecular complexity index is 891. The highest BCUT2D eigenvalue weighted by Gasteiger charge is 2.52. The van der Waals surface area contributed by atoms with Crippen molar-refractivity contribution in [2.75, 3.05) is 7.11 Å². The van der Waals surface area contributed by atoms with E-state index in [1.165, 1.54) is 0 Å². The highest BCUT2D eigenvalue weighted by Crippen LogP contribution is 2.40. The van der Waals surface area contributed by atoms with Crippen molar-refractivity contribution in [2.45, 2.75) is 44.3 Å². The Morgan fingerprint density at radius 1 is 1.22 bits per heavy atom. The Morgan fingerprint density at radius 3 is 2.74 bits per heavy atom. The topological polar surface area (TPSA) is 58.6 Å². The number of hydrogen-bond acceptors (Lipinski definition) is 3. The molecule has 2 aromatic carbocycles. The Hall–Kier alpha value is -2.82. The summed E-state index contributed by atoms with van der Waals surface area (Å²) in [6.45, 7) is 2.29. The molecule has 5 nitrogen and oxygen atoms in total. The molecule has 5 heteroatoms. The van der Waals surface area contributed by atoms with E-state index in [2.05, 4.69) is 5.32 Å². The maximum atomic E-state index is 13.2. The van der Waals surface area contributed by atoms with Gasteiger partial charge in [0.15, 0.2) is 0 Å². The molecule has 0 spiro atoms. The molecule has 2 aromatic rings. The van der Waals surface area contributed by atoms with E-state index >= 15 is 0 Å². The van der Waals surface area contributed by atoms with Crippen molar-refractivity contribution in [1.82, 2.24) is 10.2 Å². The van der Waals surface area contributed by atoms with Crippen LogP contribution in [0.2, 0.25) is 0 Å². The molecule has 1 fully saturated rings. The Kier molecular flexibility index (Phi) is 4.38. The summed E-state index contributed by atoms with van der Waals surface area (Å²) in [5.74, 6) is 0.618.